The minimum atomic E-state index is -0.520. The lowest BCUT2D eigenvalue weighted by atomic mass is 10.1. The summed E-state index contributed by atoms with van der Waals surface area (Å²) >= 11 is 0. The first kappa shape index (κ1) is 29.7. The number of ether oxygens (including phenoxy) is 2. The zero-order valence-corrected chi connectivity index (χ0v) is 24.1. The second-order valence-corrected chi connectivity index (χ2v) is 10.4. The van der Waals surface area contributed by atoms with E-state index in [4.69, 9.17) is 9.47 Å². The standard InChI is InChI=1S/C27H35FN6O3.CH5N/c1-17(2)23(19-12-21(28)25-30-18(3)15-34(25)16-19)31-24-22(36-7)13-20(14-29-24)32-8-10-33(11-9-32)26(35)37-27(4,5)6;1-2/h12-16H,8-11H2,1-7H3,(H,29,31);2H2,1H3. The number of carbonyl (C=O) groups is 1. The molecule has 11 heteroatoms. The first-order chi connectivity index (χ1) is 18.4. The van der Waals surface area contributed by atoms with Gasteiger partial charge in [-0.25, -0.2) is 19.2 Å². The van der Waals surface area contributed by atoms with Crippen molar-refractivity contribution in [3.63, 3.8) is 0 Å². The van der Waals surface area contributed by atoms with Gasteiger partial charge >= 0.3 is 6.09 Å². The Kier molecular flexibility index (Phi) is 9.39. The maximum absolute atomic E-state index is 14.8. The third-order valence-corrected chi connectivity index (χ3v) is 6.01. The van der Waals surface area contributed by atoms with Crippen LogP contribution in [-0.4, -0.2) is 71.3 Å². The van der Waals surface area contributed by atoms with Crippen molar-refractivity contribution in [1.29, 1.82) is 0 Å². The highest BCUT2D eigenvalue weighted by Gasteiger charge is 2.26. The van der Waals surface area contributed by atoms with E-state index in [1.165, 1.54) is 13.1 Å². The Morgan fingerprint density at radius 3 is 2.36 bits per heavy atom. The molecule has 0 spiro atoms. The van der Waals surface area contributed by atoms with Crippen LogP contribution < -0.4 is 20.7 Å². The first-order valence-electron chi connectivity index (χ1n) is 12.9. The van der Waals surface area contributed by atoms with Gasteiger partial charge in [0.05, 0.1) is 24.7 Å². The fraction of sp³-hybridized carbons (Fsp3) is 0.464. The lowest BCUT2D eigenvalue weighted by Gasteiger charge is -2.36. The Hall–Kier alpha value is -3.86. The minimum absolute atomic E-state index is 0.293. The van der Waals surface area contributed by atoms with Crippen LogP contribution in [0.5, 0.6) is 5.75 Å². The van der Waals surface area contributed by atoms with Crippen LogP contribution in [0.3, 0.4) is 0 Å². The summed E-state index contributed by atoms with van der Waals surface area (Å²) in [6.45, 7) is 13.7. The van der Waals surface area contributed by atoms with Crippen LogP contribution in [0.2, 0.25) is 0 Å². The molecule has 0 atom stereocenters. The molecule has 4 rings (SSSR count). The first-order valence-corrected chi connectivity index (χ1v) is 12.9. The third-order valence-electron chi connectivity index (χ3n) is 6.01. The maximum Gasteiger partial charge on any atom is 0.410 e. The van der Waals surface area contributed by atoms with Gasteiger partial charge < -0.3 is 34.7 Å². The predicted molar refractivity (Wildman–Crippen MR) is 153 cm³/mol. The number of nitrogens with zero attached hydrogens (tertiary/aromatic N) is 5. The summed E-state index contributed by atoms with van der Waals surface area (Å²) in [5.41, 5.74) is 8.28. The van der Waals surface area contributed by atoms with Crippen molar-refractivity contribution in [3.8, 4) is 5.75 Å². The van der Waals surface area contributed by atoms with Gasteiger partial charge in [-0.3, -0.25) is 0 Å². The zero-order chi connectivity index (χ0) is 28.9. The fourth-order valence-corrected chi connectivity index (χ4v) is 4.25. The van der Waals surface area contributed by atoms with Gasteiger partial charge in [-0.05, 0) is 54.7 Å². The van der Waals surface area contributed by atoms with Crippen molar-refractivity contribution in [2.45, 2.75) is 47.1 Å². The van der Waals surface area contributed by atoms with E-state index < -0.39 is 11.4 Å². The number of methoxy groups -OCH3 is 1. The van der Waals surface area contributed by atoms with E-state index in [1.807, 2.05) is 53.8 Å². The van der Waals surface area contributed by atoms with Gasteiger partial charge in [0.2, 0.25) is 0 Å². The quantitative estimate of drug-likeness (QED) is 0.479. The highest BCUT2D eigenvalue weighted by molar-refractivity contribution is 5.80. The van der Waals surface area contributed by atoms with Gasteiger partial charge in [0, 0.05) is 55.9 Å². The van der Waals surface area contributed by atoms with Crippen molar-refractivity contribution in [1.82, 2.24) is 19.3 Å². The van der Waals surface area contributed by atoms with Gasteiger partial charge in [-0.2, -0.15) is 0 Å². The van der Waals surface area contributed by atoms with Gasteiger partial charge in [-0.15, -0.1) is 0 Å². The number of amides is 1. The number of piperazine rings is 1. The van der Waals surface area contributed by atoms with E-state index in [0.29, 0.717) is 49.0 Å². The summed E-state index contributed by atoms with van der Waals surface area (Å²) in [6.07, 6.45) is 5.12. The number of halogens is 1. The number of hydrogen-bond donors (Lipinski definition) is 2. The second kappa shape index (κ2) is 12.3. The van der Waals surface area contributed by atoms with Crippen LogP contribution in [-0.2, 0) is 4.74 Å². The number of imidazole rings is 1. The van der Waals surface area contributed by atoms with Crippen LogP contribution in [0.4, 0.5) is 20.7 Å². The molecular weight excluding hydrogens is 501 g/mol. The van der Waals surface area contributed by atoms with E-state index in [1.54, 1.807) is 28.8 Å². The molecule has 39 heavy (non-hydrogen) atoms. The molecule has 3 N–H and O–H groups in total. The summed E-state index contributed by atoms with van der Waals surface area (Å²) in [5, 5.41) is 3.34. The van der Waals surface area contributed by atoms with E-state index in [2.05, 4.69) is 25.9 Å². The largest absolute Gasteiger partial charge is 0.493 e. The fourth-order valence-electron chi connectivity index (χ4n) is 4.25. The van der Waals surface area contributed by atoms with Gasteiger partial charge in [0.1, 0.15) is 5.60 Å². The van der Waals surface area contributed by atoms with E-state index in [9.17, 15) is 9.18 Å². The molecule has 10 nitrogen and oxygen atoms in total. The summed E-state index contributed by atoms with van der Waals surface area (Å²) < 4.78 is 27.6. The number of carbonyl (C=O) groups excluding carboxylic acids is 1. The highest BCUT2D eigenvalue weighted by Crippen LogP contribution is 2.32. The number of nitrogens with one attached hydrogen (secondary N) is 1. The number of anilines is 2. The van der Waals surface area contributed by atoms with Crippen LogP contribution in [0.1, 0.15) is 45.9 Å². The number of rotatable bonds is 5. The van der Waals surface area contributed by atoms with Gasteiger partial charge in [-0.1, -0.05) is 5.57 Å². The molecule has 1 fully saturated rings. The molecule has 4 heterocycles. The van der Waals surface area contributed by atoms with Gasteiger partial charge in [0.25, 0.3) is 0 Å². The van der Waals surface area contributed by atoms with Crippen molar-refractivity contribution < 1.29 is 18.7 Å². The smallest absolute Gasteiger partial charge is 0.410 e. The predicted octanol–water partition coefficient (Wildman–Crippen LogP) is 4.68. The number of aryl methyl sites for hydroxylation is 1. The van der Waals surface area contributed by atoms with E-state index in [-0.39, 0.29) is 6.09 Å². The molecule has 0 unspecified atom stereocenters. The maximum atomic E-state index is 14.8. The molecule has 1 saturated heterocycles. The summed E-state index contributed by atoms with van der Waals surface area (Å²) in [7, 11) is 3.09. The minimum Gasteiger partial charge on any atom is -0.493 e. The molecule has 0 aromatic carbocycles. The lowest BCUT2D eigenvalue weighted by molar-refractivity contribution is 0.0240. The van der Waals surface area contributed by atoms with E-state index >= 15 is 0 Å². The molecule has 3 aromatic heterocycles. The Balaban J connectivity index is 0.00000205. The molecule has 1 aliphatic heterocycles. The average molecular weight is 542 g/mol. The molecule has 1 aliphatic rings. The number of aromatic nitrogens is 3. The highest BCUT2D eigenvalue weighted by atomic mass is 19.1. The lowest BCUT2D eigenvalue weighted by Crippen LogP contribution is -2.50. The monoisotopic (exact) mass is 541 g/mol. The summed E-state index contributed by atoms with van der Waals surface area (Å²) in [4.78, 5) is 25.1. The van der Waals surface area contributed by atoms with Crippen molar-refractivity contribution in [2.75, 3.05) is 50.6 Å². The van der Waals surface area contributed by atoms with Crippen LogP contribution >= 0.6 is 0 Å². The summed E-state index contributed by atoms with van der Waals surface area (Å²) in [6, 6.07) is 3.40. The number of allylic oxidation sites excluding steroid dienone is 1. The topological polar surface area (TPSA) is 110 Å². The van der Waals surface area contributed by atoms with E-state index in [0.717, 1.165) is 22.7 Å². The summed E-state index contributed by atoms with van der Waals surface area (Å²) in [5.74, 6) is 0.690. The molecule has 0 bridgehead atoms. The molecule has 0 aliphatic carbocycles. The molecule has 0 saturated carbocycles. The third kappa shape index (κ3) is 7.17. The van der Waals surface area contributed by atoms with Crippen molar-refractivity contribution in [2.24, 2.45) is 5.73 Å². The molecular formula is C28H40FN7O3. The Labute approximate surface area is 229 Å². The van der Waals surface area contributed by atoms with Crippen molar-refractivity contribution >= 4 is 28.9 Å². The Morgan fingerprint density at radius 2 is 1.77 bits per heavy atom. The number of hydrogen-bond acceptors (Lipinski definition) is 8. The van der Waals surface area contributed by atoms with Gasteiger partial charge in [0.15, 0.2) is 23.0 Å². The van der Waals surface area contributed by atoms with Crippen LogP contribution in [0.25, 0.3) is 11.3 Å². The van der Waals surface area contributed by atoms with Crippen molar-refractivity contribution in [3.05, 3.63) is 53.4 Å². The SMILES string of the molecule is CN.COc1cc(N2CCN(C(=O)OC(C)(C)C)CC2)cnc1NC(=C(C)C)c1cc(F)c2nc(C)cn2c1. The molecule has 1 amide bonds. The Bertz CT molecular complexity index is 1330. The molecule has 212 valence electrons. The second-order valence-electron chi connectivity index (χ2n) is 10.4. The average Bonchev–Trinajstić information content (AvgIpc) is 3.28. The van der Waals surface area contributed by atoms with Crippen LogP contribution in [0, 0.1) is 12.7 Å². The normalized spacial score (nSPS) is 13.5. The molecule has 3 aromatic rings. The molecule has 0 radical (unpaired) electrons. The number of nitrogens with two attached hydrogens (primary N) is 1. The number of pyridine rings is 2. The number of fused-ring (bicyclic) bond motifs is 1. The van der Waals surface area contributed by atoms with Crippen LogP contribution in [0.15, 0.2) is 36.3 Å². The zero-order valence-electron chi connectivity index (χ0n) is 24.1. The Morgan fingerprint density at radius 1 is 1.10 bits per heavy atom.